The predicted molar refractivity (Wildman–Crippen MR) is 76.0 cm³/mol. The van der Waals surface area contributed by atoms with Gasteiger partial charge in [-0.05, 0) is 31.1 Å². The van der Waals surface area contributed by atoms with Gasteiger partial charge in [0.2, 0.25) is 0 Å². The van der Waals surface area contributed by atoms with Gasteiger partial charge in [0.25, 0.3) is 0 Å². The molecule has 5 rings (SSSR count). The zero-order valence-electron chi connectivity index (χ0n) is 10.1. The van der Waals surface area contributed by atoms with Gasteiger partial charge in [-0.3, -0.25) is 0 Å². The normalized spacial score (nSPS) is 47.4. The summed E-state index contributed by atoms with van der Waals surface area (Å²) in [5, 5.41) is 0. The minimum absolute atomic E-state index is 0.465. The summed E-state index contributed by atoms with van der Waals surface area (Å²) in [5.41, 5.74) is 0.465. The summed E-state index contributed by atoms with van der Waals surface area (Å²) in [6.07, 6.45) is 13.4. The van der Waals surface area contributed by atoms with E-state index in [9.17, 15) is 0 Å². The van der Waals surface area contributed by atoms with E-state index >= 15 is 0 Å². The highest BCUT2D eigenvalue weighted by molar-refractivity contribution is 14.1. The molecule has 0 spiro atoms. The molecule has 90 valence electrons. The minimum atomic E-state index is 0.465. The van der Waals surface area contributed by atoms with Gasteiger partial charge in [0.05, 0.1) is 0 Å². The highest BCUT2D eigenvalue weighted by Crippen LogP contribution is 2.61. The van der Waals surface area contributed by atoms with Crippen LogP contribution in [0.1, 0.15) is 38.5 Å². The van der Waals surface area contributed by atoms with E-state index in [1.165, 1.54) is 38.5 Å². The van der Waals surface area contributed by atoms with E-state index in [0.29, 0.717) is 8.96 Å². The molecular weight excluding hydrogens is 321 g/mol. The maximum absolute atomic E-state index is 2.79. The lowest BCUT2D eigenvalue weighted by Crippen LogP contribution is -2.67. The fraction of sp³-hybridized carbons (Fsp3) is 0.667. The molecule has 1 nitrogen and oxygen atoms in total. The Morgan fingerprint density at radius 3 is 2.18 bits per heavy atom. The van der Waals surface area contributed by atoms with Crippen molar-refractivity contribution in [3.63, 3.8) is 0 Å². The molecule has 0 amide bonds. The second kappa shape index (κ2) is 3.46. The second-order valence-corrected chi connectivity index (χ2v) is 8.91. The first kappa shape index (κ1) is 10.8. The third-order valence-corrected chi connectivity index (χ3v) is 6.48. The first-order valence-corrected chi connectivity index (χ1v) is 7.91. The van der Waals surface area contributed by atoms with Gasteiger partial charge in [0.15, 0.2) is 17.9 Å². The van der Waals surface area contributed by atoms with Crippen LogP contribution in [0.25, 0.3) is 0 Å². The summed E-state index contributed by atoms with van der Waals surface area (Å²) in [6.45, 7) is 0. The van der Waals surface area contributed by atoms with Crippen LogP contribution in [0.4, 0.5) is 0 Å². The molecule has 4 fully saturated rings. The van der Waals surface area contributed by atoms with Crippen molar-refractivity contribution in [1.29, 1.82) is 0 Å². The quantitative estimate of drug-likeness (QED) is 0.419. The number of pyridine rings is 1. The van der Waals surface area contributed by atoms with Crippen molar-refractivity contribution >= 4 is 22.6 Å². The van der Waals surface area contributed by atoms with Crippen molar-refractivity contribution in [3.8, 4) is 0 Å². The zero-order valence-corrected chi connectivity index (χ0v) is 12.3. The molecule has 17 heavy (non-hydrogen) atoms. The summed E-state index contributed by atoms with van der Waals surface area (Å²) in [6, 6.07) is 6.52. The molecule has 0 N–H and O–H groups in total. The molecular formula is C15H19IN+. The molecule has 4 aliphatic rings. The van der Waals surface area contributed by atoms with E-state index in [2.05, 4.69) is 57.8 Å². The highest BCUT2D eigenvalue weighted by Gasteiger charge is 2.61. The largest absolute Gasteiger partial charge is 0.200 e. The van der Waals surface area contributed by atoms with E-state index in [1.807, 2.05) is 0 Å². The van der Waals surface area contributed by atoms with Gasteiger partial charge in [-0.25, -0.2) is 0 Å². The van der Waals surface area contributed by atoms with Gasteiger partial charge >= 0.3 is 0 Å². The highest BCUT2D eigenvalue weighted by atomic mass is 127. The first-order valence-electron chi connectivity index (χ1n) is 6.83. The Bertz CT molecular complexity index is 427. The van der Waals surface area contributed by atoms with Crippen molar-refractivity contribution in [2.24, 2.45) is 11.8 Å². The molecule has 0 radical (unpaired) electrons. The van der Waals surface area contributed by atoms with E-state index in [1.54, 1.807) is 0 Å². The average molecular weight is 340 g/mol. The number of halogens is 1. The van der Waals surface area contributed by atoms with E-state index < -0.39 is 0 Å². The smallest absolute Gasteiger partial charge is 0.169 e. The van der Waals surface area contributed by atoms with E-state index in [-0.39, 0.29) is 0 Å². The van der Waals surface area contributed by atoms with Crippen molar-refractivity contribution in [1.82, 2.24) is 0 Å². The third kappa shape index (κ3) is 1.59. The van der Waals surface area contributed by atoms with Crippen LogP contribution in [0, 0.1) is 11.8 Å². The molecule has 1 aromatic heterocycles. The van der Waals surface area contributed by atoms with Crippen molar-refractivity contribution in [3.05, 3.63) is 30.6 Å². The van der Waals surface area contributed by atoms with Crippen LogP contribution in [-0.4, -0.2) is 3.42 Å². The number of rotatable bonds is 1. The van der Waals surface area contributed by atoms with Crippen LogP contribution in [-0.2, 0) is 5.54 Å². The summed E-state index contributed by atoms with van der Waals surface area (Å²) < 4.78 is 3.16. The molecule has 0 aromatic carbocycles. The molecule has 4 saturated carbocycles. The molecule has 0 saturated heterocycles. The third-order valence-electron chi connectivity index (χ3n) is 5.22. The first-order chi connectivity index (χ1) is 8.18. The second-order valence-electron chi connectivity index (χ2n) is 6.62. The number of aromatic nitrogens is 1. The Hall–Kier alpha value is -0.120. The lowest BCUT2D eigenvalue weighted by Gasteiger charge is -2.57. The average Bonchev–Trinajstić information content (AvgIpc) is 2.27. The van der Waals surface area contributed by atoms with Gasteiger partial charge < -0.3 is 0 Å². The topological polar surface area (TPSA) is 3.88 Å². The molecule has 4 bridgehead atoms. The van der Waals surface area contributed by atoms with Crippen molar-refractivity contribution in [2.75, 3.05) is 0 Å². The fourth-order valence-electron chi connectivity index (χ4n) is 5.12. The number of alkyl halides is 1. The fourth-order valence-corrected chi connectivity index (χ4v) is 7.08. The lowest BCUT2D eigenvalue weighted by molar-refractivity contribution is -0.775. The van der Waals surface area contributed by atoms with Crippen molar-refractivity contribution < 1.29 is 4.57 Å². The maximum atomic E-state index is 2.79. The Morgan fingerprint density at radius 1 is 0.941 bits per heavy atom. The van der Waals surface area contributed by atoms with Gasteiger partial charge in [-0.15, -0.1) is 0 Å². The summed E-state index contributed by atoms with van der Waals surface area (Å²) in [7, 11) is 0. The Kier molecular flexibility index (Phi) is 2.19. The monoisotopic (exact) mass is 340 g/mol. The predicted octanol–water partition coefficient (Wildman–Crippen LogP) is 3.46. The number of hydrogen-bond donors (Lipinski definition) is 0. The molecule has 4 aliphatic carbocycles. The molecule has 2 unspecified atom stereocenters. The van der Waals surface area contributed by atoms with Gasteiger partial charge in [-0.2, -0.15) is 4.57 Å². The SMILES string of the molecule is IC12CC3CC(C1)CC([n+]1ccccc1)(C3)C2. The van der Waals surface area contributed by atoms with E-state index in [0.717, 1.165) is 11.8 Å². The molecule has 1 aromatic rings. The van der Waals surface area contributed by atoms with E-state index in [4.69, 9.17) is 0 Å². The number of hydrogen-bond acceptors (Lipinski definition) is 0. The number of nitrogens with zero attached hydrogens (tertiary/aromatic N) is 1. The van der Waals surface area contributed by atoms with Crippen LogP contribution in [0.15, 0.2) is 30.6 Å². The Balaban J connectivity index is 1.79. The van der Waals surface area contributed by atoms with Crippen LogP contribution < -0.4 is 4.57 Å². The minimum Gasteiger partial charge on any atom is -0.200 e. The van der Waals surface area contributed by atoms with Gasteiger partial charge in [-0.1, -0.05) is 28.7 Å². The van der Waals surface area contributed by atoms with Crippen LogP contribution in [0.5, 0.6) is 0 Å². The van der Waals surface area contributed by atoms with Crippen LogP contribution in [0.3, 0.4) is 0 Å². The van der Waals surface area contributed by atoms with Gasteiger partial charge in [0.1, 0.15) is 0 Å². The summed E-state index contributed by atoms with van der Waals surface area (Å²) in [4.78, 5) is 0. The lowest BCUT2D eigenvalue weighted by atomic mass is 9.53. The molecule has 0 aliphatic heterocycles. The molecule has 2 heteroatoms. The molecule has 1 heterocycles. The van der Waals surface area contributed by atoms with Crippen molar-refractivity contribution in [2.45, 2.75) is 47.5 Å². The standard InChI is InChI=1S/C15H19IN/c16-14-7-12-6-13(8-14)10-15(9-12,11-14)17-4-2-1-3-5-17/h1-5,12-13H,6-11H2/q+1. The van der Waals surface area contributed by atoms with Crippen LogP contribution in [0.2, 0.25) is 0 Å². The summed E-state index contributed by atoms with van der Waals surface area (Å²) in [5.74, 6) is 2.00. The Labute approximate surface area is 117 Å². The van der Waals surface area contributed by atoms with Crippen LogP contribution >= 0.6 is 22.6 Å². The Morgan fingerprint density at radius 2 is 1.59 bits per heavy atom. The summed E-state index contributed by atoms with van der Waals surface area (Å²) >= 11 is 2.79. The zero-order chi connectivity index (χ0) is 11.5. The molecule has 2 atom stereocenters. The van der Waals surface area contributed by atoms with Gasteiger partial charge in [0, 0.05) is 34.8 Å². The maximum Gasteiger partial charge on any atom is 0.169 e.